The average molecular weight is 1280 g/mol. The molecule has 0 radical (unpaired) electrons. The van der Waals surface area contributed by atoms with Gasteiger partial charge >= 0.3 is 23.9 Å². The van der Waals surface area contributed by atoms with Crippen molar-refractivity contribution in [2.45, 2.75) is 68.2 Å². The van der Waals surface area contributed by atoms with Crippen LogP contribution in [0.3, 0.4) is 0 Å². The van der Waals surface area contributed by atoms with Gasteiger partial charge in [0, 0.05) is 130 Å². The molecule has 4 fully saturated rings. The first-order chi connectivity index (χ1) is 33.4. The number of piperidine rings is 4. The van der Waals surface area contributed by atoms with Gasteiger partial charge < -0.3 is 39.3 Å². The summed E-state index contributed by atoms with van der Waals surface area (Å²) in [5, 5.41) is 20.8. The Balaban J connectivity index is 0.000000132. The van der Waals surface area contributed by atoms with E-state index in [-0.39, 0.29) is 34.7 Å². The van der Waals surface area contributed by atoms with Gasteiger partial charge in [-0.25, -0.2) is 19.2 Å². The van der Waals surface area contributed by atoms with Gasteiger partial charge in [-0.15, -0.1) is 0 Å². The second-order valence-electron chi connectivity index (χ2n) is 18.1. The molecule has 3 spiro atoms. The van der Waals surface area contributed by atoms with E-state index in [0.717, 1.165) is 124 Å². The van der Waals surface area contributed by atoms with E-state index >= 15 is 0 Å². The maximum Gasteiger partial charge on any atom is 0.339 e. The largest absolute Gasteiger partial charge is 0.478 e. The first-order valence-electron chi connectivity index (χ1n) is 22.9. The summed E-state index contributed by atoms with van der Waals surface area (Å²) < 4.78 is 21.0. The highest BCUT2D eigenvalue weighted by Crippen LogP contribution is 2.47. The van der Waals surface area contributed by atoms with Crippen molar-refractivity contribution in [3.05, 3.63) is 134 Å². The molecule has 11 rings (SSSR count). The summed E-state index contributed by atoms with van der Waals surface area (Å²) in [7, 11) is 4.15. The van der Waals surface area contributed by atoms with E-state index in [9.17, 15) is 24.0 Å². The van der Waals surface area contributed by atoms with Crippen LogP contribution in [0.25, 0.3) is 0 Å². The molecule has 4 aromatic carbocycles. The highest BCUT2D eigenvalue weighted by atomic mass is 79.9. The lowest BCUT2D eigenvalue weighted by Gasteiger charge is -2.36. The number of benzene rings is 4. The van der Waals surface area contributed by atoms with Crippen LogP contribution >= 0.6 is 79.6 Å². The molecule has 7 aliphatic rings. The van der Waals surface area contributed by atoms with Gasteiger partial charge in [-0.05, 0) is 97.7 Å². The lowest BCUT2D eigenvalue weighted by molar-refractivity contribution is -0.121. The molecule has 4 aromatic rings. The smallest absolute Gasteiger partial charge is 0.339 e. The molecule has 70 heavy (non-hydrogen) atoms. The molecule has 19 heteroatoms. The molecule has 14 nitrogen and oxygen atoms in total. The first-order valence-corrected chi connectivity index (χ1v) is 26.9. The van der Waals surface area contributed by atoms with Gasteiger partial charge in [-0.1, -0.05) is 81.9 Å². The molecule has 0 atom stereocenters. The first kappa shape index (κ1) is 53.8. The predicted molar refractivity (Wildman–Crippen MR) is 280 cm³/mol. The molecule has 370 valence electrons. The van der Waals surface area contributed by atoms with Gasteiger partial charge in [0.05, 0.1) is 22.3 Å². The fourth-order valence-electron chi connectivity index (χ4n) is 9.53. The molecule has 0 saturated carbocycles. The number of ether oxygens (including phenoxy) is 3. The minimum absolute atomic E-state index is 0.175. The van der Waals surface area contributed by atoms with Gasteiger partial charge in [0.1, 0.15) is 22.6 Å². The molecule has 0 bridgehead atoms. The van der Waals surface area contributed by atoms with Crippen molar-refractivity contribution >= 4 is 109 Å². The highest BCUT2D eigenvalue weighted by Gasteiger charge is 2.49. The molecule has 0 unspecified atom stereocenters. The number of halogens is 5. The molecular weight excluding hydrogens is 1230 g/mol. The maximum absolute atomic E-state index is 11.9. The lowest BCUT2D eigenvalue weighted by atomic mass is 9.84. The van der Waals surface area contributed by atoms with Crippen LogP contribution in [0.2, 0.25) is 0 Å². The van der Waals surface area contributed by atoms with Gasteiger partial charge in [0.15, 0.2) is 6.19 Å². The van der Waals surface area contributed by atoms with Crippen LogP contribution in [-0.4, -0.2) is 116 Å². The Labute approximate surface area is 449 Å². The number of nitrogens with zero attached hydrogens (tertiary/aromatic N) is 4. The number of carbonyl (C=O) groups is 5. The SMILES string of the molecule is CN1CCC(=O)CC1.CN1CCC2(CC1)OC(=O)c1cc(Br)ccc12.N#CN1CCC2(CC1)OC(=O)c1cc(Br)ccc12.O=C(O)c1cc(Br)ccc1Br.O=C1OC2(CCNCC2)c2ccc(Br)cc21. The number of hydrogen-bond donors (Lipinski definition) is 2. The Morgan fingerprint density at radius 3 is 1.33 bits per heavy atom. The molecular formula is C51H52Br5N5O9. The van der Waals surface area contributed by atoms with E-state index in [1.165, 1.54) is 0 Å². The molecule has 2 N–H and O–H groups in total. The Kier molecular flexibility index (Phi) is 17.9. The zero-order valence-electron chi connectivity index (χ0n) is 38.6. The van der Waals surface area contributed by atoms with Gasteiger partial charge in [0.2, 0.25) is 0 Å². The fourth-order valence-corrected chi connectivity index (χ4v) is 11.4. The van der Waals surface area contributed by atoms with Crippen LogP contribution in [0.4, 0.5) is 0 Å². The monoisotopic (exact) mass is 1270 g/mol. The van der Waals surface area contributed by atoms with Crippen LogP contribution in [0.15, 0.2) is 95.2 Å². The van der Waals surface area contributed by atoms with Crippen molar-refractivity contribution in [2.75, 3.05) is 66.5 Å². The number of Topliss-reactive ketones (excluding diaryl/α,β-unsaturated/α-hetero) is 1. The minimum atomic E-state index is -0.932. The number of hydrogen-bond acceptors (Lipinski definition) is 13. The van der Waals surface area contributed by atoms with Crippen LogP contribution < -0.4 is 5.32 Å². The number of esters is 3. The molecule has 0 aliphatic carbocycles. The van der Waals surface area contributed by atoms with Gasteiger partial charge in [-0.3, -0.25) is 4.79 Å². The van der Waals surface area contributed by atoms with E-state index in [0.29, 0.717) is 41.8 Å². The van der Waals surface area contributed by atoms with Crippen LogP contribution in [0, 0.1) is 11.5 Å². The van der Waals surface area contributed by atoms with Crippen molar-refractivity contribution in [3.8, 4) is 6.19 Å². The quantitative estimate of drug-likeness (QED) is 0.104. The van der Waals surface area contributed by atoms with Crippen LogP contribution in [0.5, 0.6) is 0 Å². The standard InChI is InChI=1S/C13H11BrN2O2.C13H14BrNO2.C12H12BrNO2.C7H4Br2O2.C6H11NO/c14-9-1-2-11-10(7-9)12(17)18-13(11)3-5-16(8-15)6-4-13;1-15-6-4-13(5-7-15)11-3-2-9(14)8-10(11)12(16)17-13;13-8-1-2-10-9(7-8)11(15)16-12(10)3-5-14-6-4-12;8-4-1-2-6(9)5(3-4)7(10)11;1-7-4-2-6(8)3-5-7/h1-2,7H,3-6H2;2-3,8H,4-7H2,1H3;1-2,7,14H,3-6H2;1-3H,(H,10,11);2-5H2,1H3. The fraction of sp³-hybridized carbons (Fsp3) is 0.412. The van der Waals surface area contributed by atoms with E-state index in [1.807, 2.05) is 61.6 Å². The molecule has 0 aromatic heterocycles. The van der Waals surface area contributed by atoms with Gasteiger partial charge in [-0.2, -0.15) is 5.26 Å². The topological polar surface area (TPSA) is 179 Å². The number of carboxylic acid groups (broad SMARTS) is 1. The number of nitriles is 1. The molecule has 0 amide bonds. The van der Waals surface area contributed by atoms with Crippen molar-refractivity contribution in [3.63, 3.8) is 0 Å². The normalized spacial score (nSPS) is 20.0. The summed E-state index contributed by atoms with van der Waals surface area (Å²) >= 11 is 16.5. The van der Waals surface area contributed by atoms with Gasteiger partial charge in [0.25, 0.3) is 0 Å². The maximum atomic E-state index is 11.9. The zero-order valence-corrected chi connectivity index (χ0v) is 46.6. The predicted octanol–water partition coefficient (Wildman–Crippen LogP) is 10.3. The van der Waals surface area contributed by atoms with Crippen molar-refractivity contribution in [1.29, 1.82) is 5.26 Å². The van der Waals surface area contributed by atoms with E-state index in [1.54, 1.807) is 23.1 Å². The zero-order chi connectivity index (χ0) is 50.4. The van der Waals surface area contributed by atoms with E-state index in [2.05, 4.69) is 108 Å². The molecule has 7 heterocycles. The third-order valence-electron chi connectivity index (χ3n) is 13.6. The van der Waals surface area contributed by atoms with Crippen molar-refractivity contribution < 1.29 is 43.3 Å². The van der Waals surface area contributed by atoms with Crippen LogP contribution in [-0.2, 0) is 35.8 Å². The summed E-state index contributed by atoms with van der Waals surface area (Å²) in [6.07, 6.45) is 8.55. The highest BCUT2D eigenvalue weighted by molar-refractivity contribution is 9.11. The third kappa shape index (κ3) is 12.4. The summed E-state index contributed by atoms with van der Waals surface area (Å²) in [5.74, 6) is -1.12. The minimum Gasteiger partial charge on any atom is -0.478 e. The van der Waals surface area contributed by atoms with E-state index < -0.39 is 11.6 Å². The number of likely N-dealkylation sites (tertiary alicyclic amines) is 3. The third-order valence-corrected chi connectivity index (χ3v) is 16.2. The average Bonchev–Trinajstić information content (AvgIpc) is 3.88. The van der Waals surface area contributed by atoms with Crippen LogP contribution in [0.1, 0.15) is 109 Å². The Hall–Kier alpha value is -4.00. The summed E-state index contributed by atoms with van der Waals surface area (Å²) in [6.45, 7) is 6.95. The number of ketones is 1. The van der Waals surface area contributed by atoms with Crippen molar-refractivity contribution in [1.82, 2.24) is 20.0 Å². The number of fused-ring (bicyclic) bond motifs is 6. The molecule has 4 saturated heterocycles. The summed E-state index contributed by atoms with van der Waals surface area (Å²) in [4.78, 5) is 62.9. The second-order valence-corrected chi connectivity index (χ2v) is 22.6. The number of aromatic carboxylic acids is 1. The summed E-state index contributed by atoms with van der Waals surface area (Å²) in [6, 6.07) is 22.4. The number of carboxylic acids is 1. The second kappa shape index (κ2) is 23.3. The van der Waals surface area contributed by atoms with Crippen molar-refractivity contribution in [2.24, 2.45) is 0 Å². The summed E-state index contributed by atoms with van der Waals surface area (Å²) in [5.41, 5.74) is 4.21. The lowest BCUT2D eigenvalue weighted by Crippen LogP contribution is -2.40. The number of carbonyl (C=O) groups excluding carboxylic acids is 4. The number of nitrogens with one attached hydrogen (secondary N) is 1. The molecule has 7 aliphatic heterocycles. The van der Waals surface area contributed by atoms with E-state index in [4.69, 9.17) is 24.6 Å². The Morgan fingerprint density at radius 2 is 0.943 bits per heavy atom. The Morgan fingerprint density at radius 1 is 0.571 bits per heavy atom. The Bertz CT molecular complexity index is 2680. The number of rotatable bonds is 1.